The molecular weight excluding hydrogens is 318 g/mol. The van der Waals surface area contributed by atoms with Crippen LogP contribution in [0.4, 0.5) is 8.78 Å². The van der Waals surface area contributed by atoms with E-state index in [4.69, 9.17) is 22.1 Å². The van der Waals surface area contributed by atoms with Crippen LogP contribution in [0.25, 0.3) is 11.0 Å². The average molecular weight is 330 g/mol. The molecule has 0 bridgehead atoms. The lowest BCUT2D eigenvalue weighted by molar-refractivity contribution is -0.0229. The lowest BCUT2D eigenvalue weighted by atomic mass is 10.0. The number of aromatic amines is 1. The van der Waals surface area contributed by atoms with Crippen LogP contribution in [0.3, 0.4) is 0 Å². The Kier molecular flexibility index (Phi) is 3.91. The number of H-pyrrole nitrogens is 1. The lowest BCUT2D eigenvalue weighted by Gasteiger charge is -2.15. The summed E-state index contributed by atoms with van der Waals surface area (Å²) in [6.45, 7) is -0.497. The molecule has 0 amide bonds. The van der Waals surface area contributed by atoms with Gasteiger partial charge in [-0.15, -0.1) is 0 Å². The first-order valence-corrected chi connectivity index (χ1v) is 6.84. The number of hydrogen-bond acceptors (Lipinski definition) is 6. The number of hydrogen-bond donors (Lipinski definition) is 4. The number of aromatic nitrogens is 2. The van der Waals surface area contributed by atoms with Gasteiger partial charge in [0, 0.05) is 5.56 Å². The second-order valence-corrected chi connectivity index (χ2v) is 5.40. The fourth-order valence-corrected chi connectivity index (χ4v) is 2.75. The Morgan fingerprint density at radius 1 is 1.32 bits per heavy atom. The highest BCUT2D eigenvalue weighted by molar-refractivity contribution is 7.71. The molecule has 1 unspecified atom stereocenters. The van der Waals surface area contributed by atoms with Gasteiger partial charge in [0.25, 0.3) is 0 Å². The second-order valence-electron chi connectivity index (χ2n) is 5.00. The van der Waals surface area contributed by atoms with E-state index in [-0.39, 0.29) is 21.2 Å². The molecule has 0 radical (unpaired) electrons. The van der Waals surface area contributed by atoms with Crippen molar-refractivity contribution in [2.24, 2.45) is 0 Å². The van der Waals surface area contributed by atoms with Crippen LogP contribution in [0, 0.1) is 16.3 Å². The summed E-state index contributed by atoms with van der Waals surface area (Å²) in [5.41, 5.74) is 0.232. The Labute approximate surface area is 128 Å². The molecule has 0 spiro atoms. The van der Waals surface area contributed by atoms with Crippen LogP contribution in [-0.2, 0) is 4.74 Å². The normalized spacial score (nSPS) is 28.4. The van der Waals surface area contributed by atoms with E-state index in [9.17, 15) is 19.0 Å². The van der Waals surface area contributed by atoms with Gasteiger partial charge in [-0.2, -0.15) is 0 Å². The number of ether oxygens (including phenoxy) is 1. The van der Waals surface area contributed by atoms with Gasteiger partial charge in [0.1, 0.15) is 34.7 Å². The Balaban J connectivity index is 2.13. The van der Waals surface area contributed by atoms with Crippen molar-refractivity contribution < 1.29 is 28.8 Å². The second kappa shape index (κ2) is 5.60. The fourth-order valence-electron chi connectivity index (χ4n) is 2.48. The quantitative estimate of drug-likeness (QED) is 0.606. The van der Waals surface area contributed by atoms with E-state index in [0.717, 1.165) is 6.20 Å². The largest absolute Gasteiger partial charge is 0.394 e. The van der Waals surface area contributed by atoms with Crippen molar-refractivity contribution in [1.29, 1.82) is 0 Å². The Morgan fingerprint density at radius 2 is 2.05 bits per heavy atom. The minimum absolute atomic E-state index is 0.0550. The third kappa shape index (κ3) is 2.31. The fraction of sp³-hybridized carbons (Fsp3) is 0.385. The lowest BCUT2D eigenvalue weighted by Crippen LogP contribution is -2.32. The molecule has 0 aliphatic carbocycles. The third-order valence-corrected chi connectivity index (χ3v) is 3.99. The summed E-state index contributed by atoms with van der Waals surface area (Å²) in [6.07, 6.45) is -3.98. The van der Waals surface area contributed by atoms with Crippen LogP contribution in [0.1, 0.15) is 11.7 Å². The maximum atomic E-state index is 13.9. The van der Waals surface area contributed by atoms with E-state index in [1.807, 2.05) is 0 Å². The van der Waals surface area contributed by atoms with Crippen molar-refractivity contribution in [3.05, 3.63) is 34.1 Å². The molecule has 4 atom stereocenters. The van der Waals surface area contributed by atoms with Crippen molar-refractivity contribution in [2.75, 3.05) is 6.61 Å². The van der Waals surface area contributed by atoms with Gasteiger partial charge in [-0.1, -0.05) is 12.2 Å². The summed E-state index contributed by atoms with van der Waals surface area (Å²) >= 11 is 5.11. The minimum Gasteiger partial charge on any atom is -0.394 e. The summed E-state index contributed by atoms with van der Waals surface area (Å²) in [4.78, 5) is 6.34. The molecule has 0 saturated carbocycles. The van der Waals surface area contributed by atoms with Crippen molar-refractivity contribution in [1.82, 2.24) is 9.97 Å². The van der Waals surface area contributed by atoms with Gasteiger partial charge >= 0.3 is 0 Å². The van der Waals surface area contributed by atoms with Crippen molar-refractivity contribution in [2.45, 2.75) is 24.4 Å². The summed E-state index contributed by atoms with van der Waals surface area (Å²) in [5, 5.41) is 28.7. The zero-order valence-electron chi connectivity index (χ0n) is 11.0. The van der Waals surface area contributed by atoms with Crippen LogP contribution in [-0.4, -0.2) is 50.2 Å². The summed E-state index contributed by atoms with van der Waals surface area (Å²) < 4.78 is 32.6. The van der Waals surface area contributed by atoms with E-state index >= 15 is 0 Å². The summed E-state index contributed by atoms with van der Waals surface area (Å²) in [5.74, 6) is -2.23. The molecule has 22 heavy (non-hydrogen) atoms. The molecule has 9 heteroatoms. The Hall–Kier alpha value is -1.52. The van der Waals surface area contributed by atoms with Gasteiger partial charge < -0.3 is 25.0 Å². The van der Waals surface area contributed by atoms with Gasteiger partial charge in [0.05, 0.1) is 18.2 Å². The molecule has 3 rings (SSSR count). The molecule has 4 N–H and O–H groups in total. The number of halogens is 2. The summed E-state index contributed by atoms with van der Waals surface area (Å²) in [7, 11) is 0. The highest BCUT2D eigenvalue weighted by atomic mass is 32.1. The monoisotopic (exact) mass is 330 g/mol. The number of pyridine rings is 2. The van der Waals surface area contributed by atoms with E-state index in [1.165, 1.54) is 6.07 Å². The molecule has 118 valence electrons. The van der Waals surface area contributed by atoms with E-state index in [0.29, 0.717) is 0 Å². The molecule has 1 aliphatic rings. The number of nitrogens with one attached hydrogen (secondary N) is 1. The van der Waals surface area contributed by atoms with Crippen LogP contribution in [0.5, 0.6) is 0 Å². The molecule has 1 fully saturated rings. The van der Waals surface area contributed by atoms with Crippen molar-refractivity contribution in [3.8, 4) is 0 Å². The molecule has 2 aromatic rings. The molecule has 3 heterocycles. The predicted molar refractivity (Wildman–Crippen MR) is 73.6 cm³/mol. The first-order valence-electron chi connectivity index (χ1n) is 6.43. The van der Waals surface area contributed by atoms with Gasteiger partial charge in [-0.3, -0.25) is 0 Å². The standard InChI is InChI=1S/C13H12F2N2O4S/c14-6-2-16-12-4(8(6)15)1-5(13(22)17-12)11-10(20)9(19)7(3-18)21-11/h1-2,7,9-11,18-20H,3H2,(H,16,17,22)/t7-,9?,10+,11+/m1/s1. The predicted octanol–water partition coefficient (Wildman–Crippen LogP) is 0.725. The number of nitrogens with zero attached hydrogens (tertiary/aromatic N) is 1. The molecule has 1 saturated heterocycles. The van der Waals surface area contributed by atoms with Gasteiger partial charge in [-0.25, -0.2) is 13.8 Å². The van der Waals surface area contributed by atoms with Crippen molar-refractivity contribution in [3.63, 3.8) is 0 Å². The SMILES string of the molecule is OC[C@H]1O[C@@H](c2cc3c(F)c(F)cnc3[nH]c2=S)[C@@H](O)C1O. The van der Waals surface area contributed by atoms with Crippen LogP contribution < -0.4 is 0 Å². The van der Waals surface area contributed by atoms with Crippen LogP contribution in [0.2, 0.25) is 0 Å². The van der Waals surface area contributed by atoms with E-state index in [1.54, 1.807) is 0 Å². The molecule has 0 aromatic carbocycles. The highest BCUT2D eigenvalue weighted by Gasteiger charge is 2.43. The Morgan fingerprint density at radius 3 is 2.68 bits per heavy atom. The van der Waals surface area contributed by atoms with E-state index in [2.05, 4.69) is 9.97 Å². The number of aliphatic hydroxyl groups is 3. The Bertz CT molecular complexity index is 784. The zero-order valence-corrected chi connectivity index (χ0v) is 11.8. The minimum atomic E-state index is -1.35. The molecule has 1 aliphatic heterocycles. The average Bonchev–Trinajstić information content (AvgIpc) is 2.79. The zero-order chi connectivity index (χ0) is 16.0. The molecule has 2 aromatic heterocycles. The highest BCUT2D eigenvalue weighted by Crippen LogP contribution is 2.35. The number of aliphatic hydroxyl groups excluding tert-OH is 3. The van der Waals surface area contributed by atoms with Crippen LogP contribution in [0.15, 0.2) is 12.3 Å². The maximum Gasteiger partial charge on any atom is 0.177 e. The molecular formula is C13H12F2N2O4S. The van der Waals surface area contributed by atoms with Crippen molar-refractivity contribution >= 4 is 23.3 Å². The molecule has 6 nitrogen and oxygen atoms in total. The van der Waals surface area contributed by atoms with Gasteiger partial charge in [-0.05, 0) is 6.07 Å². The smallest absolute Gasteiger partial charge is 0.177 e. The first-order chi connectivity index (χ1) is 10.4. The maximum absolute atomic E-state index is 13.9. The number of rotatable bonds is 2. The first kappa shape index (κ1) is 15.4. The third-order valence-electron chi connectivity index (χ3n) is 3.65. The van der Waals surface area contributed by atoms with Gasteiger partial charge in [0.15, 0.2) is 11.6 Å². The van der Waals surface area contributed by atoms with Gasteiger partial charge in [0.2, 0.25) is 0 Å². The summed E-state index contributed by atoms with van der Waals surface area (Å²) in [6, 6.07) is 1.22. The van der Waals surface area contributed by atoms with Crippen LogP contribution >= 0.6 is 12.2 Å². The number of fused-ring (bicyclic) bond motifs is 1. The van der Waals surface area contributed by atoms with E-state index < -0.39 is 42.7 Å². The topological polar surface area (TPSA) is 98.6 Å².